The van der Waals surface area contributed by atoms with E-state index in [2.05, 4.69) is 109 Å². The van der Waals surface area contributed by atoms with Gasteiger partial charge in [-0.05, 0) is 28.8 Å². The zero-order valence-electron chi connectivity index (χ0n) is 17.3. The summed E-state index contributed by atoms with van der Waals surface area (Å²) in [4.78, 5) is 7.91. The van der Waals surface area contributed by atoms with E-state index in [1.54, 1.807) is 0 Å². The normalized spacial score (nSPS) is 19.8. The van der Waals surface area contributed by atoms with E-state index in [1.807, 2.05) is 0 Å². The van der Waals surface area contributed by atoms with Crippen LogP contribution >= 0.6 is 15.9 Å². The maximum absolute atomic E-state index is 3.74. The summed E-state index contributed by atoms with van der Waals surface area (Å²) < 4.78 is 1.20. The molecule has 1 fully saturated rings. The van der Waals surface area contributed by atoms with Gasteiger partial charge in [-0.25, -0.2) is 0 Å². The molecular weight excluding hydrogens is 434 g/mol. The maximum atomic E-state index is 3.74. The van der Waals surface area contributed by atoms with E-state index in [4.69, 9.17) is 0 Å². The molecule has 2 aliphatic rings. The first-order valence-corrected chi connectivity index (χ1v) is 11.6. The number of hydrogen-bond acceptors (Lipinski definition) is 3. The monoisotopic (exact) mass is 461 g/mol. The second-order valence-electron chi connectivity index (χ2n) is 8.46. The zero-order valence-corrected chi connectivity index (χ0v) is 18.8. The Morgan fingerprint density at radius 2 is 1.47 bits per heavy atom. The SMILES string of the molecule is Brc1ccccc1CN1Cc2ccccc2N2CCN(Cc3ccccc3)CC2C1. The smallest absolute Gasteiger partial charge is 0.0545 e. The highest BCUT2D eigenvalue weighted by atomic mass is 79.9. The van der Waals surface area contributed by atoms with Crippen LogP contribution in [0.5, 0.6) is 0 Å². The van der Waals surface area contributed by atoms with Crippen LogP contribution in [0.15, 0.2) is 83.3 Å². The summed E-state index contributed by atoms with van der Waals surface area (Å²) >= 11 is 3.74. The summed E-state index contributed by atoms with van der Waals surface area (Å²) in [5.74, 6) is 0. The molecular formula is C26H28BrN3. The molecule has 3 aromatic carbocycles. The number of anilines is 1. The van der Waals surface area contributed by atoms with Crippen molar-refractivity contribution in [2.45, 2.75) is 25.7 Å². The molecule has 3 aromatic rings. The molecule has 0 bridgehead atoms. The van der Waals surface area contributed by atoms with E-state index in [9.17, 15) is 0 Å². The average molecular weight is 462 g/mol. The minimum Gasteiger partial charge on any atom is -0.364 e. The van der Waals surface area contributed by atoms with Crippen molar-refractivity contribution in [3.8, 4) is 0 Å². The second kappa shape index (κ2) is 8.93. The molecule has 5 rings (SSSR count). The molecule has 2 aliphatic heterocycles. The van der Waals surface area contributed by atoms with Gasteiger partial charge in [0.25, 0.3) is 0 Å². The van der Waals surface area contributed by atoms with Crippen LogP contribution in [0.4, 0.5) is 5.69 Å². The van der Waals surface area contributed by atoms with Crippen LogP contribution in [-0.2, 0) is 19.6 Å². The van der Waals surface area contributed by atoms with Gasteiger partial charge < -0.3 is 4.90 Å². The molecule has 1 unspecified atom stereocenters. The first kappa shape index (κ1) is 19.8. The largest absolute Gasteiger partial charge is 0.364 e. The number of para-hydroxylation sites is 1. The predicted octanol–water partition coefficient (Wildman–Crippen LogP) is 5.16. The van der Waals surface area contributed by atoms with E-state index in [-0.39, 0.29) is 0 Å². The van der Waals surface area contributed by atoms with Gasteiger partial charge in [0.1, 0.15) is 0 Å². The fraction of sp³-hybridized carbons (Fsp3) is 0.308. The molecule has 4 heteroatoms. The number of nitrogens with zero attached hydrogens (tertiary/aromatic N) is 3. The predicted molar refractivity (Wildman–Crippen MR) is 128 cm³/mol. The Labute approximate surface area is 188 Å². The first-order valence-electron chi connectivity index (χ1n) is 10.8. The van der Waals surface area contributed by atoms with Gasteiger partial charge in [0.2, 0.25) is 0 Å². The summed E-state index contributed by atoms with van der Waals surface area (Å²) in [5.41, 5.74) is 5.64. The van der Waals surface area contributed by atoms with Crippen LogP contribution in [0.3, 0.4) is 0 Å². The molecule has 1 atom stereocenters. The van der Waals surface area contributed by atoms with Gasteiger partial charge in [-0.3, -0.25) is 9.80 Å². The summed E-state index contributed by atoms with van der Waals surface area (Å²) in [5, 5.41) is 0. The minimum atomic E-state index is 0.508. The third-order valence-corrected chi connectivity index (χ3v) is 7.11. The number of benzene rings is 3. The number of fused-ring (bicyclic) bond motifs is 3. The van der Waals surface area contributed by atoms with Gasteiger partial charge in [0.05, 0.1) is 6.04 Å². The lowest BCUT2D eigenvalue weighted by Gasteiger charge is -2.43. The lowest BCUT2D eigenvalue weighted by Crippen LogP contribution is -2.55. The fourth-order valence-corrected chi connectivity index (χ4v) is 5.30. The summed E-state index contributed by atoms with van der Waals surface area (Å²) in [7, 11) is 0. The molecule has 30 heavy (non-hydrogen) atoms. The molecule has 0 radical (unpaired) electrons. The van der Waals surface area contributed by atoms with Gasteiger partial charge in [-0.1, -0.05) is 82.7 Å². The lowest BCUT2D eigenvalue weighted by atomic mass is 10.1. The van der Waals surface area contributed by atoms with Crippen LogP contribution in [0, 0.1) is 0 Å². The molecule has 0 amide bonds. The molecule has 0 N–H and O–H groups in total. The van der Waals surface area contributed by atoms with Crippen molar-refractivity contribution in [2.75, 3.05) is 31.1 Å². The van der Waals surface area contributed by atoms with Gasteiger partial charge in [-0.2, -0.15) is 0 Å². The Balaban J connectivity index is 1.39. The summed E-state index contributed by atoms with van der Waals surface area (Å²) in [6.07, 6.45) is 0. The Kier molecular flexibility index (Phi) is 5.89. The van der Waals surface area contributed by atoms with Crippen LogP contribution < -0.4 is 4.90 Å². The van der Waals surface area contributed by atoms with Crippen LogP contribution in [-0.4, -0.2) is 42.0 Å². The number of hydrogen-bond donors (Lipinski definition) is 0. The highest BCUT2D eigenvalue weighted by molar-refractivity contribution is 9.10. The Hall–Kier alpha value is -2.14. The molecule has 0 aromatic heterocycles. The van der Waals surface area contributed by atoms with Gasteiger partial charge >= 0.3 is 0 Å². The maximum Gasteiger partial charge on any atom is 0.0545 e. The fourth-order valence-electron chi connectivity index (χ4n) is 4.89. The van der Waals surface area contributed by atoms with Crippen molar-refractivity contribution in [3.05, 3.63) is 100 Å². The van der Waals surface area contributed by atoms with Crippen molar-refractivity contribution in [2.24, 2.45) is 0 Å². The van der Waals surface area contributed by atoms with E-state index in [1.165, 1.54) is 26.9 Å². The molecule has 0 spiro atoms. The van der Waals surface area contributed by atoms with Crippen molar-refractivity contribution in [1.82, 2.24) is 9.80 Å². The van der Waals surface area contributed by atoms with Gasteiger partial charge in [-0.15, -0.1) is 0 Å². The van der Waals surface area contributed by atoms with E-state index < -0.39 is 0 Å². The van der Waals surface area contributed by atoms with Crippen LogP contribution in [0.1, 0.15) is 16.7 Å². The molecule has 1 saturated heterocycles. The Morgan fingerprint density at radius 1 is 0.733 bits per heavy atom. The minimum absolute atomic E-state index is 0.508. The standard InChI is InChI=1S/C26H28BrN3/c27-25-12-6-4-10-22(25)17-29-18-23-11-5-7-13-26(23)30-15-14-28(19-24(30)20-29)16-21-8-2-1-3-9-21/h1-13,24H,14-20H2. The van der Waals surface area contributed by atoms with E-state index in [0.717, 1.165) is 45.8 Å². The first-order chi connectivity index (χ1) is 14.8. The third-order valence-electron chi connectivity index (χ3n) is 6.33. The summed E-state index contributed by atoms with van der Waals surface area (Å²) in [6, 6.07) is 29.0. The third kappa shape index (κ3) is 4.31. The van der Waals surface area contributed by atoms with Crippen molar-refractivity contribution in [3.63, 3.8) is 0 Å². The van der Waals surface area contributed by atoms with Gasteiger partial charge in [0.15, 0.2) is 0 Å². The topological polar surface area (TPSA) is 9.72 Å². The number of piperazine rings is 1. The molecule has 3 nitrogen and oxygen atoms in total. The molecule has 154 valence electrons. The van der Waals surface area contributed by atoms with Crippen molar-refractivity contribution < 1.29 is 0 Å². The molecule has 0 saturated carbocycles. The highest BCUT2D eigenvalue weighted by Crippen LogP contribution is 2.31. The summed E-state index contributed by atoms with van der Waals surface area (Å²) in [6.45, 7) is 7.41. The zero-order chi connectivity index (χ0) is 20.3. The Bertz CT molecular complexity index is 990. The van der Waals surface area contributed by atoms with E-state index >= 15 is 0 Å². The number of rotatable bonds is 4. The quantitative estimate of drug-likeness (QED) is 0.531. The second-order valence-corrected chi connectivity index (χ2v) is 9.31. The Morgan fingerprint density at radius 3 is 2.33 bits per heavy atom. The van der Waals surface area contributed by atoms with Crippen LogP contribution in [0.2, 0.25) is 0 Å². The molecule has 2 heterocycles. The van der Waals surface area contributed by atoms with E-state index in [0.29, 0.717) is 6.04 Å². The highest BCUT2D eigenvalue weighted by Gasteiger charge is 2.32. The van der Waals surface area contributed by atoms with Crippen LogP contribution in [0.25, 0.3) is 0 Å². The van der Waals surface area contributed by atoms with Crippen molar-refractivity contribution in [1.29, 1.82) is 0 Å². The van der Waals surface area contributed by atoms with Crippen molar-refractivity contribution >= 4 is 21.6 Å². The van der Waals surface area contributed by atoms with Gasteiger partial charge in [0, 0.05) is 56.0 Å². The lowest BCUT2D eigenvalue weighted by molar-refractivity contribution is 0.172. The number of halogens is 1. The molecule has 0 aliphatic carbocycles. The average Bonchev–Trinajstić information content (AvgIpc) is 2.92.